The van der Waals surface area contributed by atoms with Gasteiger partial charge in [0.2, 0.25) is 0 Å². The van der Waals surface area contributed by atoms with Crippen LogP contribution in [-0.2, 0) is 4.79 Å². The Kier molecular flexibility index (Phi) is 3.20. The molecule has 1 atom stereocenters. The van der Waals surface area contributed by atoms with Crippen molar-refractivity contribution in [2.45, 2.75) is 45.6 Å². The molecular weight excluding hydrogens is 226 g/mol. The Bertz CT molecular complexity index is 475. The highest BCUT2D eigenvalue weighted by Gasteiger charge is 2.55. The van der Waals surface area contributed by atoms with E-state index in [0.717, 1.165) is 11.1 Å². The van der Waals surface area contributed by atoms with Crippen LogP contribution in [0.25, 0.3) is 0 Å². The Morgan fingerprint density at radius 2 is 2.00 bits per heavy atom. The van der Waals surface area contributed by atoms with Crippen LogP contribution in [0.15, 0.2) is 18.2 Å². The van der Waals surface area contributed by atoms with Crippen molar-refractivity contribution in [2.75, 3.05) is 0 Å². The van der Waals surface area contributed by atoms with Crippen LogP contribution in [0.4, 0.5) is 0 Å². The lowest BCUT2D eigenvalue weighted by Gasteiger charge is -2.22. The van der Waals surface area contributed by atoms with E-state index < -0.39 is 17.4 Å². The summed E-state index contributed by atoms with van der Waals surface area (Å²) >= 11 is 0. The zero-order valence-electron chi connectivity index (χ0n) is 11.2. The number of benzene rings is 1. The van der Waals surface area contributed by atoms with E-state index in [0.29, 0.717) is 18.8 Å². The largest absolute Gasteiger partial charge is 0.481 e. The standard InChI is InChI=1S/C15H21NO2/c1-9(2)11-5-4-10(3)12(8-11)13(16)15(6-7-15)14(17)18/h4-5,8-9,13H,6-7,16H2,1-3H3,(H,17,18). The van der Waals surface area contributed by atoms with Gasteiger partial charge in [-0.1, -0.05) is 32.0 Å². The SMILES string of the molecule is Cc1ccc(C(C)C)cc1C(N)C1(C(=O)O)CC1. The van der Waals surface area contributed by atoms with Crippen molar-refractivity contribution in [1.82, 2.24) is 0 Å². The average molecular weight is 247 g/mol. The third-order valence-electron chi connectivity index (χ3n) is 4.11. The Morgan fingerprint density at radius 1 is 1.39 bits per heavy atom. The lowest BCUT2D eigenvalue weighted by atomic mass is 9.86. The number of rotatable bonds is 4. The first-order valence-electron chi connectivity index (χ1n) is 6.48. The summed E-state index contributed by atoms with van der Waals surface area (Å²) < 4.78 is 0. The van der Waals surface area contributed by atoms with Crippen LogP contribution >= 0.6 is 0 Å². The number of nitrogens with two attached hydrogens (primary N) is 1. The van der Waals surface area contributed by atoms with Gasteiger partial charge in [0.25, 0.3) is 0 Å². The Balaban J connectivity index is 2.38. The number of aliphatic carboxylic acids is 1. The van der Waals surface area contributed by atoms with Gasteiger partial charge in [-0.3, -0.25) is 4.79 Å². The Morgan fingerprint density at radius 3 is 2.44 bits per heavy atom. The molecule has 0 aromatic heterocycles. The zero-order valence-corrected chi connectivity index (χ0v) is 11.2. The van der Waals surface area contributed by atoms with Crippen molar-refractivity contribution in [3.63, 3.8) is 0 Å². The van der Waals surface area contributed by atoms with Crippen LogP contribution in [0.2, 0.25) is 0 Å². The van der Waals surface area contributed by atoms with Gasteiger partial charge >= 0.3 is 5.97 Å². The van der Waals surface area contributed by atoms with Crippen molar-refractivity contribution < 1.29 is 9.90 Å². The van der Waals surface area contributed by atoms with E-state index in [1.165, 1.54) is 5.56 Å². The van der Waals surface area contributed by atoms with E-state index in [9.17, 15) is 9.90 Å². The van der Waals surface area contributed by atoms with Gasteiger partial charge in [-0.25, -0.2) is 0 Å². The lowest BCUT2D eigenvalue weighted by molar-refractivity contribution is -0.144. The summed E-state index contributed by atoms with van der Waals surface area (Å²) in [5.41, 5.74) is 8.79. The first-order valence-corrected chi connectivity index (χ1v) is 6.48. The molecule has 0 radical (unpaired) electrons. The van der Waals surface area contributed by atoms with Crippen LogP contribution in [0, 0.1) is 12.3 Å². The second-order valence-corrected chi connectivity index (χ2v) is 5.71. The van der Waals surface area contributed by atoms with Crippen molar-refractivity contribution in [1.29, 1.82) is 0 Å². The minimum absolute atomic E-state index is 0.395. The molecule has 0 heterocycles. The lowest BCUT2D eigenvalue weighted by Crippen LogP contribution is -2.30. The maximum Gasteiger partial charge on any atom is 0.311 e. The van der Waals surface area contributed by atoms with Gasteiger partial charge in [-0.15, -0.1) is 0 Å². The molecule has 2 rings (SSSR count). The molecule has 1 aromatic carbocycles. The molecular formula is C15H21NO2. The van der Waals surface area contributed by atoms with Gasteiger partial charge in [0.05, 0.1) is 5.41 Å². The van der Waals surface area contributed by atoms with E-state index in [1.807, 2.05) is 13.0 Å². The smallest absolute Gasteiger partial charge is 0.311 e. The maximum atomic E-state index is 11.3. The van der Waals surface area contributed by atoms with Gasteiger partial charge in [-0.05, 0) is 42.4 Å². The van der Waals surface area contributed by atoms with Crippen molar-refractivity contribution >= 4 is 5.97 Å². The van der Waals surface area contributed by atoms with Gasteiger partial charge < -0.3 is 10.8 Å². The molecule has 0 saturated heterocycles. The normalized spacial score (nSPS) is 18.7. The van der Waals surface area contributed by atoms with Crippen LogP contribution in [0.3, 0.4) is 0 Å². The molecule has 0 bridgehead atoms. The molecule has 0 spiro atoms. The number of hydrogen-bond acceptors (Lipinski definition) is 2. The molecule has 1 aliphatic carbocycles. The van der Waals surface area contributed by atoms with Crippen molar-refractivity contribution in [3.05, 3.63) is 34.9 Å². The highest BCUT2D eigenvalue weighted by atomic mass is 16.4. The third-order valence-corrected chi connectivity index (χ3v) is 4.11. The monoisotopic (exact) mass is 247 g/mol. The number of aryl methyl sites for hydroxylation is 1. The first kappa shape index (κ1) is 13.1. The van der Waals surface area contributed by atoms with Crippen molar-refractivity contribution in [3.8, 4) is 0 Å². The molecule has 18 heavy (non-hydrogen) atoms. The van der Waals surface area contributed by atoms with Gasteiger partial charge in [0.15, 0.2) is 0 Å². The second kappa shape index (κ2) is 4.39. The van der Waals surface area contributed by atoms with Gasteiger partial charge in [-0.2, -0.15) is 0 Å². The number of carboxylic acids is 1. The third kappa shape index (κ3) is 2.03. The molecule has 98 valence electrons. The summed E-state index contributed by atoms with van der Waals surface area (Å²) in [6.07, 6.45) is 1.38. The average Bonchev–Trinajstić information content (AvgIpc) is 3.09. The fourth-order valence-corrected chi connectivity index (χ4v) is 2.44. The molecule has 1 saturated carbocycles. The molecule has 1 aromatic rings. The van der Waals surface area contributed by atoms with Gasteiger partial charge in [0.1, 0.15) is 0 Å². The molecule has 3 heteroatoms. The quantitative estimate of drug-likeness (QED) is 0.859. The van der Waals surface area contributed by atoms with Crippen LogP contribution in [-0.4, -0.2) is 11.1 Å². The molecule has 0 amide bonds. The molecule has 3 nitrogen and oxygen atoms in total. The van der Waals surface area contributed by atoms with Crippen LogP contribution in [0.1, 0.15) is 55.3 Å². The second-order valence-electron chi connectivity index (χ2n) is 5.71. The van der Waals surface area contributed by atoms with Crippen LogP contribution < -0.4 is 5.73 Å². The number of carbonyl (C=O) groups is 1. The highest BCUT2D eigenvalue weighted by molar-refractivity contribution is 5.79. The Labute approximate surface area is 108 Å². The fraction of sp³-hybridized carbons (Fsp3) is 0.533. The molecule has 1 unspecified atom stereocenters. The predicted octanol–water partition coefficient (Wildman–Crippen LogP) is 2.98. The topological polar surface area (TPSA) is 63.3 Å². The highest BCUT2D eigenvalue weighted by Crippen LogP contribution is 2.54. The van der Waals surface area contributed by atoms with E-state index in [-0.39, 0.29) is 0 Å². The molecule has 1 aliphatic rings. The Hall–Kier alpha value is -1.35. The van der Waals surface area contributed by atoms with E-state index >= 15 is 0 Å². The predicted molar refractivity (Wildman–Crippen MR) is 71.5 cm³/mol. The molecule has 0 aliphatic heterocycles. The fourth-order valence-electron chi connectivity index (χ4n) is 2.44. The number of hydrogen-bond donors (Lipinski definition) is 2. The summed E-state index contributed by atoms with van der Waals surface area (Å²) in [7, 11) is 0. The first-order chi connectivity index (χ1) is 8.38. The minimum Gasteiger partial charge on any atom is -0.481 e. The summed E-state index contributed by atoms with van der Waals surface area (Å²) in [5.74, 6) is -0.333. The van der Waals surface area contributed by atoms with E-state index in [1.54, 1.807) is 0 Å². The minimum atomic E-state index is -0.760. The van der Waals surface area contributed by atoms with Crippen LogP contribution in [0.5, 0.6) is 0 Å². The van der Waals surface area contributed by atoms with E-state index in [4.69, 9.17) is 5.73 Å². The van der Waals surface area contributed by atoms with Crippen molar-refractivity contribution in [2.24, 2.45) is 11.1 Å². The maximum absolute atomic E-state index is 11.3. The summed E-state index contributed by atoms with van der Waals surface area (Å²) in [6, 6.07) is 5.82. The number of carboxylic acid groups (broad SMARTS) is 1. The van der Waals surface area contributed by atoms with Gasteiger partial charge in [0, 0.05) is 6.04 Å². The summed E-state index contributed by atoms with van der Waals surface area (Å²) in [6.45, 7) is 6.26. The zero-order chi connectivity index (χ0) is 13.5. The molecule has 1 fully saturated rings. The van der Waals surface area contributed by atoms with E-state index in [2.05, 4.69) is 26.0 Å². The summed E-state index contributed by atoms with van der Waals surface area (Å²) in [4.78, 5) is 11.3. The summed E-state index contributed by atoms with van der Waals surface area (Å²) in [5, 5.41) is 9.32. The molecule has 3 N–H and O–H groups in total.